The lowest BCUT2D eigenvalue weighted by Gasteiger charge is -2.10. The Morgan fingerprint density at radius 1 is 0.929 bits per heavy atom. The van der Waals surface area contributed by atoms with Gasteiger partial charge >= 0.3 is 0 Å². The van der Waals surface area contributed by atoms with Gasteiger partial charge in [0.2, 0.25) is 0 Å². The van der Waals surface area contributed by atoms with E-state index in [-0.39, 0.29) is 11.9 Å². The Morgan fingerprint density at radius 3 is 2.25 bits per heavy atom. The largest absolute Gasteiger partial charge is 0.491 e. The van der Waals surface area contributed by atoms with Gasteiger partial charge in [-0.2, -0.15) is 0 Å². The number of benzene rings is 2. The first-order chi connectivity index (χ1) is 13.5. The van der Waals surface area contributed by atoms with Gasteiger partial charge in [0.25, 0.3) is 0 Å². The lowest BCUT2D eigenvalue weighted by atomic mass is 10.1. The normalized spacial score (nSPS) is 11.1. The van der Waals surface area contributed by atoms with E-state index in [1.54, 1.807) is 13.1 Å². The highest BCUT2D eigenvalue weighted by Crippen LogP contribution is 2.25. The maximum absolute atomic E-state index is 11.5. The number of nitrogens with zero attached hydrogens (tertiary/aromatic N) is 3. The zero-order valence-electron chi connectivity index (χ0n) is 16.1. The van der Waals surface area contributed by atoms with Crippen LogP contribution in [0.2, 0.25) is 0 Å². The number of fused-ring (bicyclic) bond motifs is 1. The summed E-state index contributed by atoms with van der Waals surface area (Å²) in [6.07, 6.45) is 5.71. The number of Topliss-reactive ketones (excluding diaryl/α,β-unsaturated/α-hetero) is 1. The summed E-state index contributed by atoms with van der Waals surface area (Å²) in [7, 11) is 0. The Hall–Kier alpha value is -3.47. The number of ketones is 1. The van der Waals surface area contributed by atoms with Crippen LogP contribution < -0.4 is 4.74 Å². The third-order valence-electron chi connectivity index (χ3n) is 4.51. The van der Waals surface area contributed by atoms with Crippen LogP contribution in [0.25, 0.3) is 28.2 Å². The maximum Gasteiger partial charge on any atom is 0.159 e. The number of rotatable bonds is 5. The van der Waals surface area contributed by atoms with Crippen molar-refractivity contribution in [2.75, 3.05) is 0 Å². The minimum Gasteiger partial charge on any atom is -0.491 e. The van der Waals surface area contributed by atoms with Gasteiger partial charge in [0.1, 0.15) is 5.75 Å². The second-order valence-electron chi connectivity index (χ2n) is 6.97. The van der Waals surface area contributed by atoms with Crippen molar-refractivity contribution in [3.8, 4) is 28.3 Å². The van der Waals surface area contributed by atoms with Gasteiger partial charge in [0.05, 0.1) is 29.9 Å². The third-order valence-corrected chi connectivity index (χ3v) is 4.51. The van der Waals surface area contributed by atoms with Gasteiger partial charge in [0, 0.05) is 22.9 Å². The average Bonchev–Trinajstić information content (AvgIpc) is 3.11. The van der Waals surface area contributed by atoms with Crippen LogP contribution in [0.1, 0.15) is 31.1 Å². The van der Waals surface area contributed by atoms with Crippen molar-refractivity contribution in [1.82, 2.24) is 14.4 Å². The molecule has 0 aliphatic heterocycles. The summed E-state index contributed by atoms with van der Waals surface area (Å²) in [5, 5.41) is 0. The number of aromatic nitrogens is 3. The Morgan fingerprint density at radius 2 is 1.61 bits per heavy atom. The highest BCUT2D eigenvalue weighted by molar-refractivity contribution is 5.94. The van der Waals surface area contributed by atoms with Crippen molar-refractivity contribution in [3.63, 3.8) is 0 Å². The van der Waals surface area contributed by atoms with Gasteiger partial charge in [-0.15, -0.1) is 0 Å². The van der Waals surface area contributed by atoms with Crippen LogP contribution in [-0.2, 0) is 0 Å². The van der Waals surface area contributed by atoms with Crippen LogP contribution in [0.5, 0.6) is 5.75 Å². The molecule has 4 aromatic rings. The monoisotopic (exact) mass is 371 g/mol. The molecule has 140 valence electrons. The summed E-state index contributed by atoms with van der Waals surface area (Å²) < 4.78 is 7.72. The van der Waals surface area contributed by atoms with Gasteiger partial charge in [-0.05, 0) is 45.0 Å². The highest BCUT2D eigenvalue weighted by Gasteiger charge is 2.10. The molecule has 28 heavy (non-hydrogen) atoms. The molecule has 0 radical (unpaired) electrons. The topological polar surface area (TPSA) is 56.5 Å². The van der Waals surface area contributed by atoms with Crippen LogP contribution in [0, 0.1) is 0 Å². The molecule has 2 aromatic carbocycles. The van der Waals surface area contributed by atoms with Crippen molar-refractivity contribution >= 4 is 11.4 Å². The van der Waals surface area contributed by atoms with Crippen LogP contribution >= 0.6 is 0 Å². The van der Waals surface area contributed by atoms with E-state index in [4.69, 9.17) is 4.74 Å². The molecule has 0 bridgehead atoms. The number of imidazole rings is 1. The molecule has 5 nitrogen and oxygen atoms in total. The molecule has 5 heteroatoms. The third kappa shape index (κ3) is 3.51. The van der Waals surface area contributed by atoms with Crippen molar-refractivity contribution in [2.24, 2.45) is 0 Å². The number of carbonyl (C=O) groups excluding carboxylic acids is 1. The van der Waals surface area contributed by atoms with E-state index in [1.165, 1.54) is 0 Å². The molecule has 0 saturated heterocycles. The molecule has 0 saturated carbocycles. The predicted octanol–water partition coefficient (Wildman–Crippen LogP) is 5.05. The van der Waals surface area contributed by atoms with Crippen LogP contribution in [0.3, 0.4) is 0 Å². The number of ether oxygens (including phenoxy) is 1. The summed E-state index contributed by atoms with van der Waals surface area (Å²) >= 11 is 0. The Labute approximate surface area is 163 Å². The molecule has 2 aromatic heterocycles. The van der Waals surface area contributed by atoms with Crippen molar-refractivity contribution in [3.05, 3.63) is 72.7 Å². The van der Waals surface area contributed by atoms with E-state index in [0.29, 0.717) is 5.56 Å². The lowest BCUT2D eigenvalue weighted by Crippen LogP contribution is -2.05. The second-order valence-corrected chi connectivity index (χ2v) is 6.97. The van der Waals surface area contributed by atoms with E-state index in [0.717, 1.165) is 33.9 Å². The Bertz CT molecular complexity index is 1130. The van der Waals surface area contributed by atoms with Crippen molar-refractivity contribution < 1.29 is 9.53 Å². The zero-order chi connectivity index (χ0) is 19.7. The highest BCUT2D eigenvalue weighted by atomic mass is 16.5. The first-order valence-corrected chi connectivity index (χ1v) is 9.23. The van der Waals surface area contributed by atoms with E-state index >= 15 is 0 Å². The zero-order valence-corrected chi connectivity index (χ0v) is 16.1. The van der Waals surface area contributed by atoms with Gasteiger partial charge in [-0.25, -0.2) is 4.98 Å². The molecule has 0 N–H and O–H groups in total. The number of hydrogen-bond donors (Lipinski definition) is 0. The van der Waals surface area contributed by atoms with Gasteiger partial charge in [0.15, 0.2) is 11.4 Å². The molecule has 4 rings (SSSR count). The van der Waals surface area contributed by atoms with Crippen LogP contribution in [0.4, 0.5) is 0 Å². The Kier molecular flexibility index (Phi) is 4.65. The van der Waals surface area contributed by atoms with Crippen molar-refractivity contribution in [2.45, 2.75) is 26.9 Å². The number of carbonyl (C=O) groups is 1. The maximum atomic E-state index is 11.5. The van der Waals surface area contributed by atoms with Gasteiger partial charge < -0.3 is 4.74 Å². The molecular formula is C23H21N3O2. The summed E-state index contributed by atoms with van der Waals surface area (Å²) in [5.74, 6) is 0.898. The molecule has 0 aliphatic carbocycles. The minimum atomic E-state index is 0.0565. The van der Waals surface area contributed by atoms with Crippen LogP contribution in [0.15, 0.2) is 67.1 Å². The average molecular weight is 371 g/mol. The van der Waals surface area contributed by atoms with Crippen LogP contribution in [-0.4, -0.2) is 26.3 Å². The van der Waals surface area contributed by atoms with E-state index in [1.807, 2.05) is 79.2 Å². The lowest BCUT2D eigenvalue weighted by molar-refractivity contribution is 0.101. The Balaban J connectivity index is 1.71. The first-order valence-electron chi connectivity index (χ1n) is 9.23. The number of hydrogen-bond acceptors (Lipinski definition) is 4. The van der Waals surface area contributed by atoms with Crippen molar-refractivity contribution in [1.29, 1.82) is 0 Å². The van der Waals surface area contributed by atoms with Gasteiger partial charge in [-0.1, -0.05) is 24.3 Å². The minimum absolute atomic E-state index is 0.0565. The quantitative estimate of drug-likeness (QED) is 0.461. The molecule has 0 unspecified atom stereocenters. The fraction of sp³-hybridized carbons (Fsp3) is 0.174. The molecule has 0 spiro atoms. The molecule has 0 aliphatic rings. The standard InChI is InChI=1S/C23H21N3O2/c1-15(2)28-20-10-8-18(9-11-20)21-14-26-22(12-25-23(26)13-24-21)19-6-4-17(5-7-19)16(3)27/h4-15H,1-3H3. The fourth-order valence-corrected chi connectivity index (χ4v) is 3.10. The van der Waals surface area contributed by atoms with E-state index in [2.05, 4.69) is 9.97 Å². The molecule has 0 atom stereocenters. The SMILES string of the molecule is CC(=O)c1ccc(-c2cnc3cnc(-c4ccc(OC(C)C)cc4)cn23)cc1. The molecule has 2 heterocycles. The van der Waals surface area contributed by atoms with E-state index < -0.39 is 0 Å². The predicted molar refractivity (Wildman–Crippen MR) is 110 cm³/mol. The fourth-order valence-electron chi connectivity index (χ4n) is 3.10. The molecule has 0 fully saturated rings. The van der Waals surface area contributed by atoms with E-state index in [9.17, 15) is 4.79 Å². The smallest absolute Gasteiger partial charge is 0.159 e. The second kappa shape index (κ2) is 7.27. The summed E-state index contributed by atoms with van der Waals surface area (Å²) in [4.78, 5) is 20.5. The molecular weight excluding hydrogens is 350 g/mol. The molecule has 0 amide bonds. The summed E-state index contributed by atoms with van der Waals surface area (Å²) in [6, 6.07) is 15.5. The first kappa shape index (κ1) is 17.9. The van der Waals surface area contributed by atoms with Gasteiger partial charge in [-0.3, -0.25) is 14.2 Å². The summed E-state index contributed by atoms with van der Waals surface area (Å²) in [5.41, 5.74) is 5.27. The summed E-state index contributed by atoms with van der Waals surface area (Å²) in [6.45, 7) is 5.58.